The van der Waals surface area contributed by atoms with Gasteiger partial charge in [-0.25, -0.2) is 4.79 Å². The molecule has 5 nitrogen and oxygen atoms in total. The molecular formula is C12H12N2O3. The zero-order chi connectivity index (χ0) is 12.4. The van der Waals surface area contributed by atoms with Gasteiger partial charge in [-0.15, -0.1) is 0 Å². The predicted molar refractivity (Wildman–Crippen MR) is 62.3 cm³/mol. The molecule has 0 aliphatic carbocycles. The third-order valence-electron chi connectivity index (χ3n) is 2.57. The van der Waals surface area contributed by atoms with Crippen LogP contribution in [0.15, 0.2) is 24.4 Å². The molecule has 0 bridgehead atoms. The summed E-state index contributed by atoms with van der Waals surface area (Å²) >= 11 is 0. The van der Waals surface area contributed by atoms with Crippen molar-refractivity contribution in [1.29, 1.82) is 0 Å². The van der Waals surface area contributed by atoms with Gasteiger partial charge in [0.05, 0.1) is 18.9 Å². The van der Waals surface area contributed by atoms with E-state index in [0.29, 0.717) is 5.75 Å². The topological polar surface area (TPSA) is 75.2 Å². The van der Waals surface area contributed by atoms with E-state index in [9.17, 15) is 4.79 Å². The van der Waals surface area contributed by atoms with Crippen LogP contribution < -0.4 is 4.74 Å². The Labute approximate surface area is 98.0 Å². The zero-order valence-corrected chi connectivity index (χ0v) is 9.52. The first-order chi connectivity index (χ1) is 8.13. The van der Waals surface area contributed by atoms with Crippen molar-refractivity contribution < 1.29 is 14.6 Å². The number of carboxylic acid groups (broad SMARTS) is 1. The van der Waals surface area contributed by atoms with E-state index in [2.05, 4.69) is 10.2 Å². The minimum atomic E-state index is -0.963. The highest BCUT2D eigenvalue weighted by Gasteiger charge is 2.13. The molecule has 0 aliphatic heterocycles. The first kappa shape index (κ1) is 11.2. The number of aromatic amines is 1. The van der Waals surface area contributed by atoms with Crippen LogP contribution >= 0.6 is 0 Å². The Morgan fingerprint density at radius 2 is 2.18 bits per heavy atom. The van der Waals surface area contributed by atoms with Crippen molar-refractivity contribution >= 4 is 5.97 Å². The Balaban J connectivity index is 2.61. The van der Waals surface area contributed by atoms with E-state index in [4.69, 9.17) is 9.84 Å². The molecule has 17 heavy (non-hydrogen) atoms. The molecule has 0 saturated carbocycles. The van der Waals surface area contributed by atoms with Crippen LogP contribution in [0.2, 0.25) is 0 Å². The van der Waals surface area contributed by atoms with Gasteiger partial charge < -0.3 is 9.84 Å². The van der Waals surface area contributed by atoms with Gasteiger partial charge in [0.1, 0.15) is 5.75 Å². The van der Waals surface area contributed by atoms with Crippen LogP contribution in [0.5, 0.6) is 5.75 Å². The Morgan fingerprint density at radius 1 is 1.41 bits per heavy atom. The SMILES string of the molecule is COc1ccc(C(=O)O)cc1-c1cn[nH]c1C. The maximum Gasteiger partial charge on any atom is 0.335 e. The summed E-state index contributed by atoms with van der Waals surface area (Å²) in [6, 6.07) is 4.74. The first-order valence-corrected chi connectivity index (χ1v) is 5.05. The highest BCUT2D eigenvalue weighted by atomic mass is 16.5. The molecule has 0 fully saturated rings. The standard InChI is InChI=1S/C12H12N2O3/c1-7-10(6-13-14-7)9-5-8(12(15)16)3-4-11(9)17-2/h3-6H,1-2H3,(H,13,14)(H,15,16). The lowest BCUT2D eigenvalue weighted by Gasteiger charge is -2.08. The molecule has 2 aromatic rings. The second kappa shape index (κ2) is 4.29. The van der Waals surface area contributed by atoms with Gasteiger partial charge in [0.15, 0.2) is 0 Å². The molecule has 0 spiro atoms. The Kier molecular flexibility index (Phi) is 2.82. The minimum Gasteiger partial charge on any atom is -0.496 e. The maximum absolute atomic E-state index is 10.9. The average Bonchev–Trinajstić information content (AvgIpc) is 2.74. The maximum atomic E-state index is 10.9. The number of nitrogens with zero attached hydrogens (tertiary/aromatic N) is 1. The normalized spacial score (nSPS) is 10.2. The largest absolute Gasteiger partial charge is 0.496 e. The molecule has 0 unspecified atom stereocenters. The number of H-pyrrole nitrogens is 1. The molecule has 0 amide bonds. The number of carboxylic acids is 1. The monoisotopic (exact) mass is 232 g/mol. The van der Waals surface area contributed by atoms with Crippen LogP contribution in [0.1, 0.15) is 16.1 Å². The molecule has 0 aliphatic rings. The second-order valence-corrected chi connectivity index (χ2v) is 3.63. The number of hydrogen-bond acceptors (Lipinski definition) is 3. The third kappa shape index (κ3) is 1.99. The number of aromatic nitrogens is 2. The van der Waals surface area contributed by atoms with Crippen molar-refractivity contribution in [3.63, 3.8) is 0 Å². The molecule has 5 heteroatoms. The van der Waals surface area contributed by atoms with E-state index >= 15 is 0 Å². The van der Waals surface area contributed by atoms with Crippen LogP contribution in [-0.2, 0) is 0 Å². The molecule has 0 radical (unpaired) electrons. The summed E-state index contributed by atoms with van der Waals surface area (Å²) in [6.07, 6.45) is 1.65. The van der Waals surface area contributed by atoms with Gasteiger partial charge in [-0.1, -0.05) is 0 Å². The first-order valence-electron chi connectivity index (χ1n) is 5.05. The van der Waals surface area contributed by atoms with Crippen molar-refractivity contribution in [1.82, 2.24) is 10.2 Å². The van der Waals surface area contributed by atoms with Crippen molar-refractivity contribution in [2.45, 2.75) is 6.92 Å². The summed E-state index contributed by atoms with van der Waals surface area (Å²) in [5.41, 5.74) is 2.65. The highest BCUT2D eigenvalue weighted by Crippen LogP contribution is 2.32. The van der Waals surface area contributed by atoms with Crippen molar-refractivity contribution in [2.24, 2.45) is 0 Å². The van der Waals surface area contributed by atoms with Gasteiger partial charge in [0.2, 0.25) is 0 Å². The number of methoxy groups -OCH3 is 1. The quantitative estimate of drug-likeness (QED) is 0.849. The molecule has 0 atom stereocenters. The van der Waals surface area contributed by atoms with Crippen LogP contribution in [0, 0.1) is 6.92 Å². The Bertz CT molecular complexity index is 561. The predicted octanol–water partition coefficient (Wildman–Crippen LogP) is 2.09. The highest BCUT2D eigenvalue weighted by molar-refractivity contribution is 5.90. The van der Waals surface area contributed by atoms with Gasteiger partial charge in [-0.05, 0) is 25.1 Å². The van der Waals surface area contributed by atoms with Gasteiger partial charge in [0, 0.05) is 16.8 Å². The minimum absolute atomic E-state index is 0.224. The van der Waals surface area contributed by atoms with Crippen molar-refractivity contribution in [3.8, 4) is 16.9 Å². The van der Waals surface area contributed by atoms with E-state index in [1.54, 1.807) is 25.4 Å². The summed E-state index contributed by atoms with van der Waals surface area (Å²) in [5, 5.41) is 15.7. The molecule has 0 saturated heterocycles. The number of aromatic carboxylic acids is 1. The number of hydrogen-bond donors (Lipinski definition) is 2. The number of aryl methyl sites for hydroxylation is 1. The molecule has 1 aromatic carbocycles. The fourth-order valence-corrected chi connectivity index (χ4v) is 1.67. The lowest BCUT2D eigenvalue weighted by Crippen LogP contribution is -1.98. The van der Waals surface area contributed by atoms with Crippen molar-refractivity contribution in [2.75, 3.05) is 7.11 Å². The van der Waals surface area contributed by atoms with Crippen LogP contribution in [0.4, 0.5) is 0 Å². The van der Waals surface area contributed by atoms with Crippen LogP contribution in [-0.4, -0.2) is 28.4 Å². The van der Waals surface area contributed by atoms with Gasteiger partial charge in [-0.3, -0.25) is 5.10 Å². The van der Waals surface area contributed by atoms with E-state index in [0.717, 1.165) is 16.8 Å². The molecule has 2 N–H and O–H groups in total. The fraction of sp³-hybridized carbons (Fsp3) is 0.167. The molecular weight excluding hydrogens is 220 g/mol. The zero-order valence-electron chi connectivity index (χ0n) is 9.52. The number of ether oxygens (including phenoxy) is 1. The van der Waals surface area contributed by atoms with E-state index in [-0.39, 0.29) is 5.56 Å². The Morgan fingerprint density at radius 3 is 2.71 bits per heavy atom. The van der Waals surface area contributed by atoms with Crippen LogP contribution in [0.25, 0.3) is 11.1 Å². The molecule has 1 heterocycles. The van der Waals surface area contributed by atoms with Crippen molar-refractivity contribution in [3.05, 3.63) is 35.7 Å². The van der Waals surface area contributed by atoms with E-state index in [1.807, 2.05) is 6.92 Å². The van der Waals surface area contributed by atoms with E-state index < -0.39 is 5.97 Å². The smallest absolute Gasteiger partial charge is 0.335 e. The lowest BCUT2D eigenvalue weighted by molar-refractivity contribution is 0.0697. The molecule has 2 rings (SSSR count). The average molecular weight is 232 g/mol. The third-order valence-corrected chi connectivity index (χ3v) is 2.57. The number of carbonyl (C=O) groups is 1. The second-order valence-electron chi connectivity index (χ2n) is 3.63. The van der Waals surface area contributed by atoms with Gasteiger partial charge in [0.25, 0.3) is 0 Å². The molecule has 88 valence electrons. The summed E-state index contributed by atoms with van der Waals surface area (Å²) in [7, 11) is 1.55. The fourth-order valence-electron chi connectivity index (χ4n) is 1.67. The Hall–Kier alpha value is -2.30. The summed E-state index contributed by atoms with van der Waals surface area (Å²) < 4.78 is 5.22. The lowest BCUT2D eigenvalue weighted by atomic mass is 10.0. The van der Waals surface area contributed by atoms with Gasteiger partial charge in [-0.2, -0.15) is 5.10 Å². The van der Waals surface area contributed by atoms with Crippen LogP contribution in [0.3, 0.4) is 0 Å². The van der Waals surface area contributed by atoms with Gasteiger partial charge >= 0.3 is 5.97 Å². The summed E-state index contributed by atoms with van der Waals surface area (Å²) in [4.78, 5) is 10.9. The molecule has 1 aromatic heterocycles. The summed E-state index contributed by atoms with van der Waals surface area (Å²) in [6.45, 7) is 1.87. The summed E-state index contributed by atoms with van der Waals surface area (Å²) in [5.74, 6) is -0.338. The number of nitrogens with one attached hydrogen (secondary N) is 1. The van der Waals surface area contributed by atoms with E-state index in [1.165, 1.54) is 6.07 Å². The number of rotatable bonds is 3. The number of benzene rings is 1.